The first kappa shape index (κ1) is 36.8. The monoisotopic (exact) mass is 596 g/mol. The van der Waals surface area contributed by atoms with Gasteiger partial charge in [0.05, 0.1) is 0 Å². The molecule has 0 radical (unpaired) electrons. The Bertz CT molecular complexity index is 636. The first-order chi connectivity index (χ1) is 19.3. The Morgan fingerprint density at radius 3 is 1.10 bits per heavy atom. The van der Waals surface area contributed by atoms with Crippen LogP contribution in [0.15, 0.2) is 0 Å². The quantitative estimate of drug-likeness (QED) is 0.109. The van der Waals surface area contributed by atoms with E-state index < -0.39 is 28.6 Å². The van der Waals surface area contributed by atoms with Crippen molar-refractivity contribution in [3.63, 3.8) is 0 Å². The van der Waals surface area contributed by atoms with Gasteiger partial charge in [-0.15, -0.1) is 0 Å². The van der Waals surface area contributed by atoms with Crippen molar-refractivity contribution in [2.75, 3.05) is 0 Å². The molecule has 2 rings (SSSR count). The van der Waals surface area contributed by atoms with Crippen LogP contribution >= 0.6 is 0 Å². The number of hydrogen-bond acceptors (Lipinski definition) is 0. The average Bonchev–Trinajstić information content (AvgIpc) is 2.89. The zero-order valence-corrected chi connectivity index (χ0v) is 26.9. The Labute approximate surface area is 248 Å². The normalized spacial score (nSPS) is 21.5. The molecule has 2 fully saturated rings. The van der Waals surface area contributed by atoms with Gasteiger partial charge in [0, 0.05) is 0 Å². The van der Waals surface area contributed by atoms with Crippen LogP contribution in [-0.2, 0) is 0 Å². The second-order valence-electron chi connectivity index (χ2n) is 14.4. The molecule has 244 valence electrons. The highest BCUT2D eigenvalue weighted by molar-refractivity contribution is 5.16. The molecular formula is C35H62F6. The molecule has 0 nitrogen and oxygen atoms in total. The molecular weight excluding hydrogens is 534 g/mol. The van der Waals surface area contributed by atoms with Gasteiger partial charge in [-0.2, -0.15) is 26.3 Å². The van der Waals surface area contributed by atoms with E-state index in [-0.39, 0.29) is 38.5 Å². The Kier molecular flexibility index (Phi) is 14.9. The first-order valence-corrected chi connectivity index (χ1v) is 17.5. The first-order valence-electron chi connectivity index (χ1n) is 17.5. The lowest BCUT2D eigenvalue weighted by molar-refractivity contribution is -0.426. The van der Waals surface area contributed by atoms with Gasteiger partial charge >= 0.3 is 12.4 Å². The van der Waals surface area contributed by atoms with E-state index >= 15 is 26.3 Å². The molecule has 0 N–H and O–H groups in total. The van der Waals surface area contributed by atoms with Gasteiger partial charge in [-0.05, 0) is 61.2 Å². The SMILES string of the molecule is CCCCCC(C)CCCC1(C(C(F)(F)F)(C(F)(F)F)C2(CCCC(C)CCCCC)CCCCC2)CCCCC1. The van der Waals surface area contributed by atoms with E-state index in [1.165, 1.54) is 0 Å². The summed E-state index contributed by atoms with van der Waals surface area (Å²) in [4.78, 5) is 0. The molecule has 6 heteroatoms. The van der Waals surface area contributed by atoms with Crippen molar-refractivity contribution >= 4 is 0 Å². The van der Waals surface area contributed by atoms with Crippen LogP contribution in [0.3, 0.4) is 0 Å². The maximum atomic E-state index is 15.8. The second kappa shape index (κ2) is 16.6. The fourth-order valence-corrected chi connectivity index (χ4v) is 9.36. The molecule has 2 saturated carbocycles. The molecule has 0 amide bonds. The fraction of sp³-hybridized carbons (Fsp3) is 1.00. The van der Waals surface area contributed by atoms with Crippen LogP contribution in [-0.4, -0.2) is 12.4 Å². The van der Waals surface area contributed by atoms with Crippen LogP contribution in [0.5, 0.6) is 0 Å². The summed E-state index contributed by atoms with van der Waals surface area (Å²) >= 11 is 0. The van der Waals surface area contributed by atoms with Gasteiger partial charge in [0.25, 0.3) is 0 Å². The Morgan fingerprint density at radius 2 is 0.805 bits per heavy atom. The van der Waals surface area contributed by atoms with Crippen LogP contribution in [0.4, 0.5) is 26.3 Å². The van der Waals surface area contributed by atoms with Gasteiger partial charge < -0.3 is 0 Å². The lowest BCUT2D eigenvalue weighted by Gasteiger charge is -2.63. The van der Waals surface area contributed by atoms with E-state index in [0.717, 1.165) is 77.0 Å². The van der Waals surface area contributed by atoms with Crippen LogP contribution < -0.4 is 0 Å². The highest BCUT2D eigenvalue weighted by Crippen LogP contribution is 2.76. The van der Waals surface area contributed by atoms with Crippen molar-refractivity contribution < 1.29 is 26.3 Å². The molecule has 0 spiro atoms. The molecule has 2 atom stereocenters. The summed E-state index contributed by atoms with van der Waals surface area (Å²) in [6.45, 7) is 8.52. The molecule has 0 bridgehead atoms. The standard InChI is InChI=1S/C35H62F6/c1-5-7-11-19-29(3)21-17-27-31(23-13-9-14-24-31)33(34(36,37)38,35(39,40)41)32(25-15-10-16-26-32)28-18-22-30(4)20-12-8-6-2/h29-30H,5-28H2,1-4H3. The number of alkyl halides is 6. The van der Waals surface area contributed by atoms with Crippen molar-refractivity contribution in [3.8, 4) is 0 Å². The second-order valence-corrected chi connectivity index (χ2v) is 14.4. The smallest absolute Gasteiger partial charge is 0.170 e. The van der Waals surface area contributed by atoms with E-state index in [1.54, 1.807) is 0 Å². The highest BCUT2D eigenvalue weighted by Gasteiger charge is 2.84. The molecule has 2 unspecified atom stereocenters. The number of hydrogen-bond donors (Lipinski definition) is 0. The zero-order valence-electron chi connectivity index (χ0n) is 26.9. The Balaban J connectivity index is 2.50. The van der Waals surface area contributed by atoms with E-state index in [4.69, 9.17) is 0 Å². The fourth-order valence-electron chi connectivity index (χ4n) is 9.36. The van der Waals surface area contributed by atoms with E-state index in [2.05, 4.69) is 27.7 Å². The molecule has 2 aliphatic carbocycles. The third kappa shape index (κ3) is 8.83. The van der Waals surface area contributed by atoms with Gasteiger partial charge in [-0.3, -0.25) is 0 Å². The van der Waals surface area contributed by atoms with Crippen LogP contribution in [0.1, 0.15) is 182 Å². The largest absolute Gasteiger partial charge is 0.404 e. The third-order valence-corrected chi connectivity index (χ3v) is 11.4. The van der Waals surface area contributed by atoms with Gasteiger partial charge in [0.15, 0.2) is 5.41 Å². The van der Waals surface area contributed by atoms with Crippen molar-refractivity contribution in [2.24, 2.45) is 28.1 Å². The summed E-state index contributed by atoms with van der Waals surface area (Å²) in [5.74, 6) is 0.678. The van der Waals surface area contributed by atoms with Gasteiger partial charge in [-0.1, -0.05) is 143 Å². The van der Waals surface area contributed by atoms with Gasteiger partial charge in [0.2, 0.25) is 0 Å². The minimum Gasteiger partial charge on any atom is -0.170 e. The number of halogens is 6. The molecule has 0 heterocycles. The number of unbranched alkanes of at least 4 members (excludes halogenated alkanes) is 4. The summed E-state index contributed by atoms with van der Waals surface area (Å²) in [5, 5.41) is 0. The van der Waals surface area contributed by atoms with Crippen molar-refractivity contribution in [1.29, 1.82) is 0 Å². The minimum absolute atomic E-state index is 0.0549. The summed E-state index contributed by atoms with van der Waals surface area (Å²) in [6.07, 6.45) is 4.10. The predicted octanol–water partition coefficient (Wildman–Crippen LogP) is 13.8. The molecule has 0 aromatic heterocycles. The van der Waals surface area contributed by atoms with Crippen LogP contribution in [0.25, 0.3) is 0 Å². The van der Waals surface area contributed by atoms with Crippen LogP contribution in [0.2, 0.25) is 0 Å². The molecule has 0 aliphatic heterocycles. The lowest BCUT2D eigenvalue weighted by atomic mass is 9.41. The lowest BCUT2D eigenvalue weighted by Crippen LogP contribution is -2.69. The third-order valence-electron chi connectivity index (χ3n) is 11.4. The summed E-state index contributed by atoms with van der Waals surface area (Å²) < 4.78 is 94.8. The van der Waals surface area contributed by atoms with Crippen molar-refractivity contribution in [3.05, 3.63) is 0 Å². The maximum Gasteiger partial charge on any atom is 0.404 e. The predicted molar refractivity (Wildman–Crippen MR) is 160 cm³/mol. The molecule has 2 aliphatic rings. The van der Waals surface area contributed by atoms with E-state index in [9.17, 15) is 0 Å². The molecule has 0 aromatic carbocycles. The van der Waals surface area contributed by atoms with Crippen molar-refractivity contribution in [2.45, 2.75) is 194 Å². The van der Waals surface area contributed by atoms with Crippen LogP contribution in [0, 0.1) is 28.1 Å². The summed E-state index contributed by atoms with van der Waals surface area (Å²) in [7, 11) is 0. The molecule has 0 aromatic rings. The number of rotatable bonds is 18. The van der Waals surface area contributed by atoms with Crippen molar-refractivity contribution in [1.82, 2.24) is 0 Å². The Morgan fingerprint density at radius 1 is 0.488 bits per heavy atom. The molecule has 0 saturated heterocycles. The average molecular weight is 597 g/mol. The summed E-state index contributed by atoms with van der Waals surface area (Å²) in [5.41, 5.74) is -7.14. The topological polar surface area (TPSA) is 0 Å². The van der Waals surface area contributed by atoms with Gasteiger partial charge in [-0.25, -0.2) is 0 Å². The Hall–Kier alpha value is -0.420. The van der Waals surface area contributed by atoms with Gasteiger partial charge in [0.1, 0.15) is 0 Å². The van der Waals surface area contributed by atoms with E-state index in [1.807, 2.05) is 0 Å². The van der Waals surface area contributed by atoms with E-state index in [0.29, 0.717) is 50.4 Å². The summed E-state index contributed by atoms with van der Waals surface area (Å²) in [6, 6.07) is 0. The highest BCUT2D eigenvalue weighted by atomic mass is 19.4. The zero-order chi connectivity index (χ0) is 30.6. The maximum absolute atomic E-state index is 15.8. The molecule has 41 heavy (non-hydrogen) atoms. The minimum atomic E-state index is -5.32.